The Morgan fingerprint density at radius 2 is 0.500 bits per heavy atom. The number of halogens is 1. The maximum absolute atomic E-state index is 3.91. The molecule has 0 aromatic heterocycles. The minimum atomic E-state index is -0.861. The van der Waals surface area contributed by atoms with E-state index in [0.29, 0.717) is 0 Å². The van der Waals surface area contributed by atoms with Gasteiger partial charge in [0.25, 0.3) is 0 Å². The van der Waals surface area contributed by atoms with Gasteiger partial charge in [0.15, 0.2) is 0 Å². The number of hydrogen-bond acceptors (Lipinski definition) is 1. The van der Waals surface area contributed by atoms with E-state index in [9.17, 15) is 0 Å². The molecular weight excluding hydrogens is 446 g/mol. The predicted octanol–water partition coefficient (Wildman–Crippen LogP) is 1.54. The molecule has 0 aliphatic heterocycles. The molecule has 0 unspecified atom stereocenters. The minimum Gasteiger partial charge on any atom is -1.00 e. The van der Waals surface area contributed by atoms with Crippen molar-refractivity contribution in [3.63, 3.8) is 0 Å². The Balaban J connectivity index is -0.0000000277. The van der Waals surface area contributed by atoms with E-state index in [1.165, 1.54) is 0 Å². The Bertz CT molecular complexity index is 102. The van der Waals surface area contributed by atoms with Crippen LogP contribution in [0.1, 0.15) is 0 Å². The summed E-state index contributed by atoms with van der Waals surface area (Å²) in [6.45, 7) is 31.7. The van der Waals surface area contributed by atoms with E-state index in [1.807, 2.05) is 0 Å². The standard InChI is InChI=1S/3C4H11Si.BrH.H2O.Sb/c3*1-5(2,3)4;;;/h3*1H2,2-4H3;1H;1H2;/p-2. The van der Waals surface area contributed by atoms with Gasteiger partial charge in [-0.15, -0.1) is 0 Å². The van der Waals surface area contributed by atoms with Crippen LogP contribution in [0.5, 0.6) is 0 Å². The van der Waals surface area contributed by atoms with Gasteiger partial charge in [-0.05, 0) is 0 Å². The zero-order chi connectivity index (χ0) is 13.5. The van der Waals surface area contributed by atoms with Crippen LogP contribution in [-0.2, 0) is 0 Å². The molecule has 1 nitrogen and oxygen atoms in total. The summed E-state index contributed by atoms with van der Waals surface area (Å²) < 4.78 is 0. The second kappa shape index (κ2) is 15.3. The first-order valence-corrected chi connectivity index (χ1v) is 16.7. The quantitative estimate of drug-likeness (QED) is 0.484. The van der Waals surface area contributed by atoms with Gasteiger partial charge in [-0.3, -0.25) is 0 Å². The molecule has 0 rings (SSSR count). The number of rotatable bonds is 0. The Morgan fingerprint density at radius 3 is 0.500 bits per heavy atom. The first-order valence-electron chi connectivity index (χ1n) is 5.56. The van der Waals surface area contributed by atoms with Gasteiger partial charge in [0.2, 0.25) is 0 Å². The molecule has 0 fully saturated rings. The molecule has 0 bridgehead atoms. The van der Waals surface area contributed by atoms with Gasteiger partial charge in [0, 0.05) is 48.6 Å². The van der Waals surface area contributed by atoms with Crippen LogP contribution < -0.4 is 17.0 Å². The summed E-state index contributed by atoms with van der Waals surface area (Å²) in [5, 5.41) is 0. The molecule has 18 heavy (non-hydrogen) atoms. The van der Waals surface area contributed by atoms with Gasteiger partial charge >= 0.3 is 0 Å². The number of hydrogen-bond donors (Lipinski definition) is 0. The third-order valence-corrected chi connectivity index (χ3v) is 0. The van der Waals surface area contributed by atoms with Gasteiger partial charge in [-0.25, -0.2) is 0 Å². The van der Waals surface area contributed by atoms with Crippen LogP contribution in [0.25, 0.3) is 0 Å². The van der Waals surface area contributed by atoms with Crippen molar-refractivity contribution in [1.29, 1.82) is 0 Å². The third kappa shape index (κ3) is 1410. The van der Waals surface area contributed by atoms with Crippen molar-refractivity contribution >= 4 is 48.6 Å². The largest absolute Gasteiger partial charge is 1.00 e. The van der Waals surface area contributed by atoms with Crippen LogP contribution in [0, 0.1) is 19.6 Å². The zero-order valence-corrected chi connectivity index (χ0v) is 21.0. The predicted molar refractivity (Wildman–Crippen MR) is 93.8 cm³/mol. The van der Waals surface area contributed by atoms with Gasteiger partial charge in [0.1, 0.15) is 0 Å². The van der Waals surface area contributed by atoms with Gasteiger partial charge in [-0.2, -0.15) is 0 Å². The van der Waals surface area contributed by atoms with E-state index < -0.39 is 24.2 Å². The van der Waals surface area contributed by atoms with E-state index in [2.05, 4.69) is 78.6 Å². The van der Waals surface area contributed by atoms with Crippen molar-refractivity contribution in [3.05, 3.63) is 19.6 Å². The molecule has 6 heteroatoms. The summed E-state index contributed by atoms with van der Waals surface area (Å²) in [7, 11) is -2.58. The Morgan fingerprint density at radius 1 is 0.500 bits per heavy atom. The summed E-state index contributed by atoms with van der Waals surface area (Å²) in [6, 6.07) is 0. The molecule has 0 saturated carbocycles. The fourth-order valence-electron chi connectivity index (χ4n) is 0. The molecule has 0 saturated heterocycles. The van der Waals surface area contributed by atoms with E-state index in [1.54, 1.807) is 0 Å². The van der Waals surface area contributed by atoms with Crippen LogP contribution in [0.2, 0.25) is 58.9 Å². The molecule has 0 aromatic rings. The van der Waals surface area contributed by atoms with Crippen molar-refractivity contribution in [1.82, 2.24) is 0 Å². The van der Waals surface area contributed by atoms with Crippen LogP contribution in [0.15, 0.2) is 0 Å². The maximum atomic E-state index is 3.91. The summed E-state index contributed by atoms with van der Waals surface area (Å²) in [6.07, 6.45) is 0. The smallest absolute Gasteiger partial charge is 0.0439 e. The summed E-state index contributed by atoms with van der Waals surface area (Å²) in [4.78, 5) is 0. The van der Waals surface area contributed by atoms with Crippen molar-refractivity contribution in [3.8, 4) is 0 Å². The fraction of sp³-hybridized carbons (Fsp3) is 0.750. The van der Waals surface area contributed by atoms with Crippen molar-refractivity contribution < 1.29 is 22.5 Å². The molecule has 0 aromatic carbocycles. The van der Waals surface area contributed by atoms with Gasteiger partial charge in [0.05, 0.1) is 0 Å². The summed E-state index contributed by atoms with van der Waals surface area (Å²) in [5.41, 5.74) is 0. The third-order valence-electron chi connectivity index (χ3n) is 0. The van der Waals surface area contributed by atoms with Crippen LogP contribution >= 0.6 is 0 Å². The topological polar surface area (TPSA) is 30.0 Å². The van der Waals surface area contributed by atoms with Crippen molar-refractivity contribution in [2.75, 3.05) is 0 Å². The van der Waals surface area contributed by atoms with Crippen LogP contribution in [-0.4, -0.2) is 54.1 Å². The molecular formula is C12H34BrOSbSi3-2. The van der Waals surface area contributed by atoms with E-state index in [4.69, 9.17) is 0 Å². The Hall–Kier alpha value is 1.91. The van der Waals surface area contributed by atoms with E-state index in [-0.39, 0.29) is 46.9 Å². The molecule has 6 radical (unpaired) electrons. The summed E-state index contributed by atoms with van der Waals surface area (Å²) >= 11 is 0. The van der Waals surface area contributed by atoms with Crippen molar-refractivity contribution in [2.24, 2.45) is 0 Å². The molecule has 0 heterocycles. The first-order chi connectivity index (χ1) is 6.00. The Kier molecular flexibility index (Phi) is 31.3. The molecule has 0 spiro atoms. The monoisotopic (exact) mass is 478 g/mol. The molecule has 1 N–H and O–H groups in total. The van der Waals surface area contributed by atoms with Gasteiger partial charge in [-0.1, -0.05) is 78.6 Å². The second-order valence-corrected chi connectivity index (χ2v) is 23.0. The normalized spacial score (nSPS) is 10.0. The maximum Gasteiger partial charge on any atom is 0.0439 e. The fourth-order valence-corrected chi connectivity index (χ4v) is 0. The first kappa shape index (κ1) is 36.8. The van der Waals surface area contributed by atoms with Crippen molar-refractivity contribution in [2.45, 2.75) is 58.9 Å². The molecule has 0 aliphatic rings. The average molecular weight is 480 g/mol. The Labute approximate surface area is 148 Å². The molecule has 114 valence electrons. The van der Waals surface area contributed by atoms with E-state index >= 15 is 0 Å². The van der Waals surface area contributed by atoms with Gasteiger partial charge < -0.3 is 22.5 Å². The average Bonchev–Trinajstić information content (AvgIpc) is 1.41. The summed E-state index contributed by atoms with van der Waals surface area (Å²) in [5.74, 6) is 0. The second-order valence-electron chi connectivity index (χ2n) is 7.68. The molecule has 0 amide bonds. The molecule has 0 aliphatic carbocycles. The minimum absolute atomic E-state index is 0. The van der Waals surface area contributed by atoms with Crippen LogP contribution in [0.3, 0.4) is 0 Å². The SMILES string of the molecule is [Br-].[CH2][Si](C)(C)C.[CH2][Si](C)(C)C.[CH2][Si](C)(C)C.[OH-].[Sb]. The van der Waals surface area contributed by atoms with E-state index in [0.717, 1.165) is 0 Å². The molecule has 0 atom stereocenters. The van der Waals surface area contributed by atoms with Crippen LogP contribution in [0.4, 0.5) is 0 Å². The zero-order valence-electron chi connectivity index (χ0n) is 13.9.